The van der Waals surface area contributed by atoms with Gasteiger partial charge in [-0.2, -0.15) is 4.98 Å². The molecule has 3 heterocycles. The molecule has 0 saturated carbocycles. The molecule has 0 bridgehead atoms. The molecule has 2 aromatic heterocycles. The minimum Gasteiger partial charge on any atom is -0.424 e. The fourth-order valence-corrected chi connectivity index (χ4v) is 4.67. The molecule has 7 nitrogen and oxygen atoms in total. The van der Waals surface area contributed by atoms with Crippen LogP contribution in [0.3, 0.4) is 0 Å². The lowest BCUT2D eigenvalue weighted by Gasteiger charge is -2.40. The zero-order chi connectivity index (χ0) is 23.7. The number of hydrogen-bond acceptors (Lipinski definition) is 6. The Labute approximate surface area is 197 Å². The van der Waals surface area contributed by atoms with E-state index in [1.807, 2.05) is 29.2 Å². The molecular weight excluding hydrogens is 433 g/mol. The lowest BCUT2D eigenvalue weighted by molar-refractivity contribution is 0.0539. The number of amides is 1. The molecule has 0 radical (unpaired) electrons. The van der Waals surface area contributed by atoms with Crippen LogP contribution in [0.2, 0.25) is 0 Å². The zero-order valence-corrected chi connectivity index (χ0v) is 19.2. The summed E-state index contributed by atoms with van der Waals surface area (Å²) in [5.41, 5.74) is 2.58. The molecule has 1 fully saturated rings. The maximum atomic E-state index is 15.1. The van der Waals surface area contributed by atoms with Gasteiger partial charge in [-0.25, -0.2) is 14.4 Å². The first-order valence-electron chi connectivity index (χ1n) is 11.5. The van der Waals surface area contributed by atoms with Crippen molar-refractivity contribution in [1.29, 1.82) is 0 Å². The molecule has 34 heavy (non-hydrogen) atoms. The molecular formula is C26H26FN5O2. The van der Waals surface area contributed by atoms with E-state index >= 15 is 4.39 Å². The molecule has 0 aliphatic carbocycles. The smallest absolute Gasteiger partial charge is 0.295 e. The van der Waals surface area contributed by atoms with Gasteiger partial charge in [-0.1, -0.05) is 19.1 Å². The molecule has 8 heteroatoms. The number of benzene rings is 2. The number of carbonyl (C=O) groups excluding carboxylic acids is 1. The van der Waals surface area contributed by atoms with Gasteiger partial charge in [-0.15, -0.1) is 0 Å². The number of nitrogens with zero attached hydrogens (tertiary/aromatic N) is 4. The fraction of sp³-hybridized carbons (Fsp3) is 0.308. The summed E-state index contributed by atoms with van der Waals surface area (Å²) >= 11 is 0. The van der Waals surface area contributed by atoms with Crippen molar-refractivity contribution in [2.24, 2.45) is 5.92 Å². The van der Waals surface area contributed by atoms with Crippen LogP contribution in [0.5, 0.6) is 0 Å². The number of carbonyl (C=O) groups is 1. The molecule has 5 rings (SSSR count). The van der Waals surface area contributed by atoms with Gasteiger partial charge < -0.3 is 14.6 Å². The number of hydrogen-bond donors (Lipinski definition) is 1. The van der Waals surface area contributed by atoms with E-state index in [4.69, 9.17) is 4.42 Å². The Bertz CT molecular complexity index is 1290. The van der Waals surface area contributed by atoms with Crippen LogP contribution in [-0.2, 0) is 0 Å². The molecule has 1 aliphatic heterocycles. The molecule has 1 amide bonds. The van der Waals surface area contributed by atoms with Crippen molar-refractivity contribution in [1.82, 2.24) is 19.9 Å². The first-order chi connectivity index (χ1) is 16.5. The molecule has 2 unspecified atom stereocenters. The number of oxazole rings is 1. The SMILES string of the molecule is Cc1cc(F)c(-c2ncccn2)c(C(=O)N2CCCC(C)C2CNc2nc3ccccc3o2)c1. The van der Waals surface area contributed by atoms with Crippen molar-refractivity contribution in [2.75, 3.05) is 18.4 Å². The number of nitrogens with one attached hydrogen (secondary N) is 1. The van der Waals surface area contributed by atoms with Crippen LogP contribution >= 0.6 is 0 Å². The second-order valence-electron chi connectivity index (χ2n) is 8.79. The first-order valence-corrected chi connectivity index (χ1v) is 11.5. The number of halogens is 1. The summed E-state index contributed by atoms with van der Waals surface area (Å²) in [5, 5.41) is 3.27. The minimum atomic E-state index is -0.499. The van der Waals surface area contributed by atoms with Gasteiger partial charge in [-0.3, -0.25) is 4.79 Å². The number of fused-ring (bicyclic) bond motifs is 1. The summed E-state index contributed by atoms with van der Waals surface area (Å²) in [6.45, 7) is 4.98. The van der Waals surface area contributed by atoms with Crippen LogP contribution in [0.15, 0.2) is 59.3 Å². The second kappa shape index (κ2) is 9.21. The third-order valence-corrected chi connectivity index (χ3v) is 6.39. The predicted molar refractivity (Wildman–Crippen MR) is 128 cm³/mol. The number of piperidine rings is 1. The van der Waals surface area contributed by atoms with E-state index in [9.17, 15) is 4.79 Å². The number of anilines is 1. The van der Waals surface area contributed by atoms with E-state index in [0.29, 0.717) is 30.3 Å². The number of likely N-dealkylation sites (tertiary alicyclic amines) is 1. The maximum absolute atomic E-state index is 15.1. The van der Waals surface area contributed by atoms with Crippen molar-refractivity contribution in [3.8, 4) is 11.4 Å². The summed E-state index contributed by atoms with van der Waals surface area (Å²) in [7, 11) is 0. The van der Waals surface area contributed by atoms with E-state index < -0.39 is 5.82 Å². The Kier molecular flexibility index (Phi) is 5.96. The van der Waals surface area contributed by atoms with Crippen LogP contribution in [0.1, 0.15) is 35.7 Å². The Hall–Kier alpha value is -3.81. The highest BCUT2D eigenvalue weighted by Crippen LogP contribution is 2.31. The number of rotatable bonds is 5. The van der Waals surface area contributed by atoms with Gasteiger partial charge in [0.2, 0.25) is 0 Å². The highest BCUT2D eigenvalue weighted by molar-refractivity contribution is 6.00. The molecule has 0 spiro atoms. The topological polar surface area (TPSA) is 84.2 Å². The fourth-order valence-electron chi connectivity index (χ4n) is 4.67. The van der Waals surface area contributed by atoms with Crippen LogP contribution in [0.25, 0.3) is 22.5 Å². The third kappa shape index (κ3) is 4.23. The quantitative estimate of drug-likeness (QED) is 0.448. The lowest BCUT2D eigenvalue weighted by atomic mass is 9.89. The van der Waals surface area contributed by atoms with Gasteiger partial charge in [0.05, 0.1) is 17.2 Å². The predicted octanol–water partition coefficient (Wildman–Crippen LogP) is 5.09. The van der Waals surface area contributed by atoms with Crippen LogP contribution in [0.4, 0.5) is 10.4 Å². The highest BCUT2D eigenvalue weighted by Gasteiger charge is 2.34. The largest absolute Gasteiger partial charge is 0.424 e. The molecule has 174 valence electrons. The Balaban J connectivity index is 1.45. The summed E-state index contributed by atoms with van der Waals surface area (Å²) in [5.74, 6) is -0.267. The van der Waals surface area contributed by atoms with Gasteiger partial charge in [0, 0.05) is 25.5 Å². The van der Waals surface area contributed by atoms with Crippen molar-refractivity contribution >= 4 is 23.0 Å². The van der Waals surface area contributed by atoms with E-state index in [0.717, 1.165) is 18.4 Å². The van der Waals surface area contributed by atoms with Crippen molar-refractivity contribution in [2.45, 2.75) is 32.7 Å². The average molecular weight is 460 g/mol. The van der Waals surface area contributed by atoms with Crippen LogP contribution in [-0.4, -0.2) is 44.9 Å². The number of para-hydroxylation sites is 2. The van der Waals surface area contributed by atoms with Gasteiger partial charge in [0.15, 0.2) is 11.4 Å². The van der Waals surface area contributed by atoms with Crippen molar-refractivity contribution in [3.63, 3.8) is 0 Å². The van der Waals surface area contributed by atoms with Crippen molar-refractivity contribution < 1.29 is 13.6 Å². The summed E-state index contributed by atoms with van der Waals surface area (Å²) < 4.78 is 20.9. The summed E-state index contributed by atoms with van der Waals surface area (Å²) in [6.07, 6.45) is 4.98. The highest BCUT2D eigenvalue weighted by atomic mass is 19.1. The van der Waals surface area contributed by atoms with E-state index in [1.54, 1.807) is 31.5 Å². The molecule has 2 atom stereocenters. The molecule has 4 aromatic rings. The summed E-state index contributed by atoms with van der Waals surface area (Å²) in [6, 6.07) is 12.7. The van der Waals surface area contributed by atoms with E-state index in [2.05, 4.69) is 27.2 Å². The van der Waals surface area contributed by atoms with Crippen molar-refractivity contribution in [3.05, 3.63) is 71.8 Å². The van der Waals surface area contributed by atoms with Crippen LogP contribution in [0, 0.1) is 18.7 Å². The molecule has 2 aromatic carbocycles. The first kappa shape index (κ1) is 22.0. The number of aromatic nitrogens is 3. The molecule has 1 N–H and O–H groups in total. The van der Waals surface area contributed by atoms with Gasteiger partial charge in [0.25, 0.3) is 11.9 Å². The summed E-state index contributed by atoms with van der Waals surface area (Å²) in [4.78, 5) is 28.6. The second-order valence-corrected chi connectivity index (χ2v) is 8.79. The molecule has 1 saturated heterocycles. The van der Waals surface area contributed by atoms with Gasteiger partial charge in [0.1, 0.15) is 11.3 Å². The maximum Gasteiger partial charge on any atom is 0.295 e. The Morgan fingerprint density at radius 1 is 1.21 bits per heavy atom. The number of aryl methyl sites for hydroxylation is 1. The normalized spacial score (nSPS) is 18.3. The zero-order valence-electron chi connectivity index (χ0n) is 19.2. The van der Waals surface area contributed by atoms with E-state index in [1.165, 1.54) is 6.07 Å². The van der Waals surface area contributed by atoms with Crippen LogP contribution < -0.4 is 5.32 Å². The van der Waals surface area contributed by atoms with Gasteiger partial charge >= 0.3 is 0 Å². The monoisotopic (exact) mass is 459 g/mol. The Morgan fingerprint density at radius 3 is 2.79 bits per heavy atom. The standard InChI is InChI=1S/C26H26FN5O2/c1-16-13-18(23(19(27)14-16)24-28-10-6-11-29-24)25(33)32-12-5-7-17(2)21(32)15-30-26-31-20-8-3-4-9-22(20)34-26/h3-4,6,8-11,13-14,17,21H,5,7,12,15H2,1-2H3,(H,30,31). The van der Waals surface area contributed by atoms with E-state index in [-0.39, 0.29) is 34.8 Å². The minimum absolute atomic E-state index is 0.107. The molecule has 1 aliphatic rings. The lowest BCUT2D eigenvalue weighted by Crippen LogP contribution is -2.51. The Morgan fingerprint density at radius 2 is 2.00 bits per heavy atom. The van der Waals surface area contributed by atoms with Gasteiger partial charge in [-0.05, 0) is 61.6 Å². The average Bonchev–Trinajstić information content (AvgIpc) is 3.26. The third-order valence-electron chi connectivity index (χ3n) is 6.39.